The van der Waals surface area contributed by atoms with Gasteiger partial charge in [-0.25, -0.2) is 9.59 Å². The van der Waals surface area contributed by atoms with E-state index in [2.05, 4.69) is 26.1 Å². The second kappa shape index (κ2) is 20.0. The zero-order valence-corrected chi connectivity index (χ0v) is 35.6. The summed E-state index contributed by atoms with van der Waals surface area (Å²) in [7, 11) is 1.72. The van der Waals surface area contributed by atoms with Crippen LogP contribution in [0.3, 0.4) is 0 Å². The van der Waals surface area contributed by atoms with E-state index in [-0.39, 0.29) is 107 Å². The van der Waals surface area contributed by atoms with Crippen LogP contribution >= 0.6 is 23.5 Å². The van der Waals surface area contributed by atoms with Crippen molar-refractivity contribution >= 4 is 76.9 Å². The van der Waals surface area contributed by atoms with Gasteiger partial charge < -0.3 is 50.4 Å². The van der Waals surface area contributed by atoms with E-state index >= 15 is 0 Å². The fourth-order valence-electron chi connectivity index (χ4n) is 5.39. The number of likely N-dealkylation sites (N-methyl/N-ethyl adjacent to an activating group) is 1. The number of thioether (sulfide) groups is 2. The van der Waals surface area contributed by atoms with Crippen molar-refractivity contribution in [1.82, 2.24) is 40.1 Å². The number of amides is 7. The van der Waals surface area contributed by atoms with Gasteiger partial charge in [0.15, 0.2) is 5.16 Å². The average Bonchev–Trinajstić information content (AvgIpc) is 3.55. The number of hydrogen-bond acceptors (Lipinski definition) is 16. The number of carbonyl (C=O) groups is 8. The zero-order chi connectivity index (χ0) is 38.6. The van der Waals surface area contributed by atoms with Crippen molar-refractivity contribution in [1.29, 1.82) is 0 Å². The molecule has 4 heterocycles. The molecule has 0 aliphatic carbocycles. The van der Waals surface area contributed by atoms with Crippen molar-refractivity contribution in [2.45, 2.75) is 35.6 Å². The maximum atomic E-state index is 13.8. The van der Waals surface area contributed by atoms with Crippen LogP contribution in [0, 0.1) is 0 Å². The molecule has 3 aliphatic heterocycles. The Labute approximate surface area is 365 Å². The number of hydrogen-bond donors (Lipinski definition) is 4. The smallest absolute Gasteiger partial charge is 0.548 e. The van der Waals surface area contributed by atoms with Gasteiger partial charge >= 0.3 is 83.1 Å². The topological polar surface area (TPSA) is 294 Å². The molecular formula is C30H32N10Na2O11S2. The van der Waals surface area contributed by atoms with Crippen LogP contribution in [0.15, 0.2) is 47.0 Å². The first kappa shape index (κ1) is 45.7. The molecule has 5 N–H and O–H groups in total. The number of rotatable bonds is 13. The standard InChI is InChI=1S/C30H34N10O11S2.2Na/c1-3-38-8-9-39(24(44)23(38)43)28(49)35-18(14-4-6-16(7-5-14)33-30(50)51-10-17(31)26(45)46)21(41)34-19-22(42)40-20(27(47)48)15(11-52-25(19)40)12-53-29-36-32-13-37(29)2;;/h4-7,13,17-19,25H,3,8-12,31H2,1-2H3,(H,33,50)(H,34,41)(H,35,49)(H,45,46)(H,47,48);;/q;2*+1/p-2/t17-,18-,19-,25+;;/m1../s1. The van der Waals surface area contributed by atoms with Crippen molar-refractivity contribution in [3.8, 4) is 0 Å². The van der Waals surface area contributed by atoms with E-state index in [1.807, 2.05) is 0 Å². The predicted molar refractivity (Wildman–Crippen MR) is 178 cm³/mol. The average molecular weight is 819 g/mol. The number of aromatic nitrogens is 3. The summed E-state index contributed by atoms with van der Waals surface area (Å²) in [5.74, 6) is -6.51. The molecule has 4 atom stereocenters. The van der Waals surface area contributed by atoms with E-state index in [0.717, 1.165) is 4.90 Å². The second-order valence-electron chi connectivity index (χ2n) is 11.6. The molecule has 0 saturated carbocycles. The number of carbonyl (C=O) groups excluding carboxylic acids is 8. The Morgan fingerprint density at radius 1 is 1.07 bits per heavy atom. The Bertz CT molecular complexity index is 1880. The summed E-state index contributed by atoms with van der Waals surface area (Å²) in [4.78, 5) is 104. The molecule has 0 bridgehead atoms. The van der Waals surface area contributed by atoms with E-state index in [9.17, 15) is 48.6 Å². The zero-order valence-electron chi connectivity index (χ0n) is 30.0. The molecule has 1 aromatic heterocycles. The molecule has 282 valence electrons. The Morgan fingerprint density at radius 2 is 1.76 bits per heavy atom. The molecule has 21 nitrogen and oxygen atoms in total. The minimum absolute atomic E-state index is 0. The molecule has 7 amide bonds. The van der Waals surface area contributed by atoms with Crippen LogP contribution in [0.1, 0.15) is 18.5 Å². The van der Waals surface area contributed by atoms with Crippen LogP contribution in [0.4, 0.5) is 15.3 Å². The summed E-state index contributed by atoms with van der Waals surface area (Å²) < 4.78 is 6.39. The number of piperazine rings is 1. The minimum Gasteiger partial charge on any atom is -0.548 e. The van der Waals surface area contributed by atoms with Crippen molar-refractivity contribution in [3.63, 3.8) is 0 Å². The molecular weight excluding hydrogens is 787 g/mol. The van der Waals surface area contributed by atoms with Gasteiger partial charge in [0.05, 0.1) is 23.7 Å². The van der Waals surface area contributed by atoms with Crippen LogP contribution in [-0.4, -0.2) is 132 Å². The van der Waals surface area contributed by atoms with Gasteiger partial charge in [0.25, 0.3) is 5.91 Å². The number of anilines is 1. The monoisotopic (exact) mass is 818 g/mol. The van der Waals surface area contributed by atoms with Crippen LogP contribution in [0.25, 0.3) is 0 Å². The Hall–Kier alpha value is -3.68. The number of aliphatic carboxylic acids is 2. The van der Waals surface area contributed by atoms with E-state index in [1.54, 1.807) is 18.5 Å². The largest absolute Gasteiger partial charge is 1.00 e. The number of aryl methyl sites for hydroxylation is 1. The number of β-lactam (4-membered cyclic amide) rings is 1. The normalized spacial score (nSPS) is 18.8. The number of nitrogens with one attached hydrogen (secondary N) is 3. The number of imide groups is 1. The van der Waals surface area contributed by atoms with Gasteiger partial charge in [-0.1, -0.05) is 23.9 Å². The maximum Gasteiger partial charge on any atom is 1.00 e. The summed E-state index contributed by atoms with van der Waals surface area (Å²) in [5.41, 5.74) is 5.59. The number of carboxylic acids is 2. The number of nitrogens with zero attached hydrogens (tertiary/aromatic N) is 6. The summed E-state index contributed by atoms with van der Waals surface area (Å²) in [5, 5.41) is 37.8. The molecule has 2 fully saturated rings. The van der Waals surface area contributed by atoms with Gasteiger partial charge in [0, 0.05) is 43.9 Å². The fourth-order valence-corrected chi connectivity index (χ4v) is 7.77. The molecule has 5 rings (SSSR count). The first-order valence-corrected chi connectivity index (χ1v) is 17.8. The van der Waals surface area contributed by atoms with Crippen molar-refractivity contribution in [2.75, 3.05) is 43.1 Å². The number of fused-ring (bicyclic) bond motifs is 1. The molecule has 3 aliphatic rings. The number of carboxylic acid groups (broad SMARTS) is 2. The van der Waals surface area contributed by atoms with E-state index < -0.39 is 77.8 Å². The summed E-state index contributed by atoms with van der Waals surface area (Å²) in [6, 6.07) is -0.110. The molecule has 0 radical (unpaired) electrons. The van der Waals surface area contributed by atoms with Gasteiger partial charge in [0.2, 0.25) is 5.91 Å². The number of ether oxygens (including phenoxy) is 1. The molecule has 1 aromatic carbocycles. The predicted octanol–water partition coefficient (Wildman–Crippen LogP) is -9.91. The number of benzene rings is 1. The van der Waals surface area contributed by atoms with Gasteiger partial charge in [-0.3, -0.25) is 34.3 Å². The maximum absolute atomic E-state index is 13.8. The van der Waals surface area contributed by atoms with Crippen molar-refractivity contribution in [3.05, 3.63) is 47.4 Å². The summed E-state index contributed by atoms with van der Waals surface area (Å²) in [6.45, 7) is 1.14. The SMILES string of the molecule is CCN1CCN(C(=O)N[C@@H](C(=O)N[C@@H]2C(=O)N3C(C(=O)[O-])=C(CSc4nncn4C)CS[C@@H]23)c2ccc(NC(=O)OC[C@@H](N)C(=O)[O-])cc2)C(=O)C1=O.[Na+].[Na+]. The van der Waals surface area contributed by atoms with Crippen molar-refractivity contribution < 1.29 is 112 Å². The summed E-state index contributed by atoms with van der Waals surface area (Å²) in [6.07, 6.45) is 0.432. The van der Waals surface area contributed by atoms with E-state index in [0.29, 0.717) is 15.6 Å². The van der Waals surface area contributed by atoms with Gasteiger partial charge in [-0.2, -0.15) is 0 Å². The first-order chi connectivity index (χ1) is 25.2. The van der Waals surface area contributed by atoms with Gasteiger partial charge in [-0.05, 0) is 30.2 Å². The van der Waals surface area contributed by atoms with E-state index in [1.165, 1.54) is 59.0 Å². The quantitative estimate of drug-likeness (QED) is 0.0632. The summed E-state index contributed by atoms with van der Waals surface area (Å²) >= 11 is 2.43. The molecule has 2 aromatic rings. The number of urea groups is 1. The van der Waals surface area contributed by atoms with Crippen LogP contribution in [-0.2, 0) is 40.6 Å². The third-order valence-corrected chi connectivity index (χ3v) is 10.7. The number of nitrogens with two attached hydrogens (primary N) is 1. The van der Waals surface area contributed by atoms with E-state index in [4.69, 9.17) is 10.5 Å². The molecule has 25 heteroatoms. The molecule has 2 saturated heterocycles. The Kier molecular flexibility index (Phi) is 16.6. The van der Waals surface area contributed by atoms with Gasteiger partial charge in [0.1, 0.15) is 30.4 Å². The van der Waals surface area contributed by atoms with Crippen LogP contribution < -0.4 is 91.0 Å². The third-order valence-electron chi connectivity index (χ3n) is 8.24. The Balaban J connectivity index is 0.00000406. The molecule has 0 spiro atoms. The van der Waals surface area contributed by atoms with Crippen LogP contribution in [0.2, 0.25) is 0 Å². The first-order valence-electron chi connectivity index (χ1n) is 15.8. The molecule has 55 heavy (non-hydrogen) atoms. The van der Waals surface area contributed by atoms with Crippen LogP contribution in [0.5, 0.6) is 0 Å². The second-order valence-corrected chi connectivity index (χ2v) is 13.7. The van der Waals surface area contributed by atoms with Gasteiger partial charge in [-0.15, -0.1) is 22.0 Å². The minimum atomic E-state index is -1.63. The Morgan fingerprint density at radius 3 is 2.36 bits per heavy atom. The van der Waals surface area contributed by atoms with Crippen molar-refractivity contribution in [2.24, 2.45) is 12.8 Å². The fraction of sp³-hybridized carbons (Fsp3) is 0.400. The third kappa shape index (κ3) is 10.4. The molecule has 0 unspecified atom stereocenters.